The number of ether oxygens (including phenoxy) is 1. The Morgan fingerprint density at radius 1 is 1.24 bits per heavy atom. The van der Waals surface area contributed by atoms with Gasteiger partial charge in [0.25, 0.3) is 0 Å². The number of likely N-dealkylation sites (tertiary alicyclic amines) is 1. The van der Waals surface area contributed by atoms with Crippen LogP contribution in [0.5, 0.6) is 0 Å². The number of rotatable bonds is 5. The van der Waals surface area contributed by atoms with Crippen molar-refractivity contribution in [2.24, 2.45) is 11.1 Å². The van der Waals surface area contributed by atoms with E-state index in [-0.39, 0.29) is 6.09 Å². The minimum atomic E-state index is -0.433. The number of carbonyl (C=O) groups excluding carboxylic acids is 1. The van der Waals surface area contributed by atoms with Crippen LogP contribution in [0.3, 0.4) is 0 Å². The molecule has 0 radical (unpaired) electrons. The van der Waals surface area contributed by atoms with Crippen LogP contribution in [0.4, 0.5) is 4.79 Å². The second-order valence-corrected chi connectivity index (χ2v) is 6.49. The molecule has 0 atom stereocenters. The van der Waals surface area contributed by atoms with E-state index in [1.807, 2.05) is 27.7 Å². The molecule has 21 heavy (non-hydrogen) atoms. The van der Waals surface area contributed by atoms with Crippen LogP contribution in [0.1, 0.15) is 60.3 Å². The zero-order valence-electron chi connectivity index (χ0n) is 14.1. The van der Waals surface area contributed by atoms with Crippen LogP contribution in [0, 0.1) is 5.92 Å². The number of hydrogen-bond donors (Lipinski definition) is 0. The summed E-state index contributed by atoms with van der Waals surface area (Å²) in [6, 6.07) is 0. The Hall–Kier alpha value is -1.26. The smallest absolute Gasteiger partial charge is 0.410 e. The van der Waals surface area contributed by atoms with Crippen molar-refractivity contribution >= 4 is 11.8 Å². The van der Waals surface area contributed by atoms with Crippen molar-refractivity contribution in [1.29, 1.82) is 0 Å². The van der Waals surface area contributed by atoms with Crippen molar-refractivity contribution in [2.75, 3.05) is 19.7 Å². The molecule has 122 valence electrons. The SMILES string of the molecule is CCC/C(=N\OCC)C1CCN(C(=O)OC(C)(C)C)CC1. The van der Waals surface area contributed by atoms with Gasteiger partial charge in [0.15, 0.2) is 0 Å². The minimum absolute atomic E-state index is 0.209. The average molecular weight is 298 g/mol. The molecule has 0 aliphatic carbocycles. The molecule has 1 aliphatic heterocycles. The molecule has 5 nitrogen and oxygen atoms in total. The van der Waals surface area contributed by atoms with Gasteiger partial charge >= 0.3 is 6.09 Å². The fourth-order valence-electron chi connectivity index (χ4n) is 2.45. The summed E-state index contributed by atoms with van der Waals surface area (Å²) < 4.78 is 5.42. The van der Waals surface area contributed by atoms with Crippen LogP contribution in [0.2, 0.25) is 0 Å². The van der Waals surface area contributed by atoms with Gasteiger partial charge in [0.2, 0.25) is 0 Å². The molecule has 0 aromatic carbocycles. The second-order valence-electron chi connectivity index (χ2n) is 6.49. The highest BCUT2D eigenvalue weighted by atomic mass is 16.6. The fourth-order valence-corrected chi connectivity index (χ4v) is 2.45. The van der Waals surface area contributed by atoms with Crippen LogP contribution < -0.4 is 0 Å². The first-order chi connectivity index (χ1) is 9.87. The topological polar surface area (TPSA) is 51.1 Å². The van der Waals surface area contributed by atoms with Crippen LogP contribution in [-0.2, 0) is 9.57 Å². The Balaban J connectivity index is 2.52. The van der Waals surface area contributed by atoms with E-state index in [1.54, 1.807) is 4.90 Å². The lowest BCUT2D eigenvalue weighted by Gasteiger charge is -2.33. The van der Waals surface area contributed by atoms with Crippen molar-refractivity contribution in [2.45, 2.75) is 65.9 Å². The average Bonchev–Trinajstić information content (AvgIpc) is 2.42. The predicted molar refractivity (Wildman–Crippen MR) is 84.5 cm³/mol. The van der Waals surface area contributed by atoms with E-state index in [9.17, 15) is 4.79 Å². The molecule has 1 saturated heterocycles. The number of amides is 1. The lowest BCUT2D eigenvalue weighted by Crippen LogP contribution is -2.43. The number of nitrogens with zero attached hydrogens (tertiary/aromatic N) is 2. The third kappa shape index (κ3) is 6.36. The van der Waals surface area contributed by atoms with E-state index >= 15 is 0 Å². The summed E-state index contributed by atoms with van der Waals surface area (Å²) in [5.41, 5.74) is 0.709. The fraction of sp³-hybridized carbons (Fsp3) is 0.875. The lowest BCUT2D eigenvalue weighted by atomic mass is 9.90. The molecule has 1 rings (SSSR count). The molecule has 0 aromatic heterocycles. The van der Waals surface area contributed by atoms with Crippen molar-refractivity contribution in [3.05, 3.63) is 0 Å². The summed E-state index contributed by atoms with van der Waals surface area (Å²) in [5, 5.41) is 4.27. The highest BCUT2D eigenvalue weighted by Gasteiger charge is 2.28. The number of piperidine rings is 1. The Morgan fingerprint density at radius 2 is 1.86 bits per heavy atom. The molecule has 1 fully saturated rings. The Labute approximate surface area is 128 Å². The monoisotopic (exact) mass is 298 g/mol. The molecule has 0 N–H and O–H groups in total. The van der Waals surface area contributed by atoms with Crippen molar-refractivity contribution < 1.29 is 14.4 Å². The third-order valence-electron chi connectivity index (χ3n) is 3.43. The van der Waals surface area contributed by atoms with E-state index in [1.165, 1.54) is 0 Å². The maximum atomic E-state index is 12.0. The molecular formula is C16H30N2O3. The highest BCUT2D eigenvalue weighted by Crippen LogP contribution is 2.23. The predicted octanol–water partition coefficient (Wildman–Crippen LogP) is 3.83. The standard InChI is InChI=1S/C16H30N2O3/c1-6-8-14(17-20-7-2)13-9-11-18(12-10-13)15(19)21-16(3,4)5/h13H,6-12H2,1-5H3/b17-14+. The van der Waals surface area contributed by atoms with Crippen molar-refractivity contribution in [3.8, 4) is 0 Å². The summed E-state index contributed by atoms with van der Waals surface area (Å²) in [5.74, 6) is 0.426. The number of oxime groups is 1. The second kappa shape index (κ2) is 8.25. The van der Waals surface area contributed by atoms with Gasteiger partial charge in [-0.3, -0.25) is 0 Å². The van der Waals surface area contributed by atoms with Gasteiger partial charge < -0.3 is 14.5 Å². The molecule has 1 amide bonds. The molecule has 1 heterocycles. The van der Waals surface area contributed by atoms with E-state index in [4.69, 9.17) is 9.57 Å². The van der Waals surface area contributed by atoms with Gasteiger partial charge in [-0.05, 0) is 47.0 Å². The largest absolute Gasteiger partial charge is 0.444 e. The molecule has 0 spiro atoms. The van der Waals surface area contributed by atoms with Gasteiger partial charge in [-0.2, -0.15) is 0 Å². The van der Waals surface area contributed by atoms with Gasteiger partial charge in [0, 0.05) is 19.0 Å². The Morgan fingerprint density at radius 3 is 2.33 bits per heavy atom. The normalized spacial score (nSPS) is 17.8. The maximum absolute atomic E-state index is 12.0. The van der Waals surface area contributed by atoms with E-state index in [0.717, 1.165) is 44.5 Å². The molecule has 5 heteroatoms. The van der Waals surface area contributed by atoms with Crippen molar-refractivity contribution in [3.63, 3.8) is 0 Å². The van der Waals surface area contributed by atoms with E-state index in [0.29, 0.717) is 12.5 Å². The van der Waals surface area contributed by atoms with Gasteiger partial charge in [0.1, 0.15) is 12.2 Å². The number of hydrogen-bond acceptors (Lipinski definition) is 4. The zero-order valence-corrected chi connectivity index (χ0v) is 14.1. The summed E-state index contributed by atoms with van der Waals surface area (Å²) in [4.78, 5) is 19.1. The van der Waals surface area contributed by atoms with Gasteiger partial charge in [-0.1, -0.05) is 18.5 Å². The molecule has 0 unspecified atom stereocenters. The summed E-state index contributed by atoms with van der Waals surface area (Å²) >= 11 is 0. The Bertz CT molecular complexity index is 353. The first-order valence-corrected chi connectivity index (χ1v) is 8.04. The Kier molecular flexibility index (Phi) is 6.99. The summed E-state index contributed by atoms with van der Waals surface area (Å²) in [6.07, 6.45) is 3.70. The van der Waals surface area contributed by atoms with Crippen LogP contribution in [-0.4, -0.2) is 42.0 Å². The first-order valence-electron chi connectivity index (χ1n) is 8.04. The molecule has 1 aliphatic rings. The number of carbonyl (C=O) groups is 1. The highest BCUT2D eigenvalue weighted by molar-refractivity contribution is 5.86. The molecule has 0 bridgehead atoms. The van der Waals surface area contributed by atoms with Crippen LogP contribution in [0.25, 0.3) is 0 Å². The van der Waals surface area contributed by atoms with E-state index in [2.05, 4.69) is 12.1 Å². The first kappa shape index (κ1) is 17.8. The quantitative estimate of drug-likeness (QED) is 0.572. The minimum Gasteiger partial charge on any atom is -0.444 e. The molecule has 0 aromatic rings. The molecular weight excluding hydrogens is 268 g/mol. The third-order valence-corrected chi connectivity index (χ3v) is 3.43. The van der Waals surface area contributed by atoms with Crippen LogP contribution >= 0.6 is 0 Å². The summed E-state index contributed by atoms with van der Waals surface area (Å²) in [6.45, 7) is 11.8. The van der Waals surface area contributed by atoms with Gasteiger partial charge in [-0.25, -0.2) is 4.79 Å². The maximum Gasteiger partial charge on any atom is 0.410 e. The van der Waals surface area contributed by atoms with Crippen LogP contribution in [0.15, 0.2) is 5.16 Å². The summed E-state index contributed by atoms with van der Waals surface area (Å²) in [7, 11) is 0. The lowest BCUT2D eigenvalue weighted by molar-refractivity contribution is 0.0200. The van der Waals surface area contributed by atoms with Crippen molar-refractivity contribution in [1.82, 2.24) is 4.90 Å². The van der Waals surface area contributed by atoms with E-state index < -0.39 is 5.60 Å². The van der Waals surface area contributed by atoms with Gasteiger partial charge in [-0.15, -0.1) is 0 Å². The van der Waals surface area contributed by atoms with Gasteiger partial charge in [0.05, 0.1) is 5.71 Å². The zero-order chi connectivity index (χ0) is 15.9. The molecule has 0 saturated carbocycles.